The highest BCUT2D eigenvalue weighted by Crippen LogP contribution is 2.31. The summed E-state index contributed by atoms with van der Waals surface area (Å²) in [7, 11) is 0. The molecule has 0 unspecified atom stereocenters. The van der Waals surface area contributed by atoms with E-state index in [1.54, 1.807) is 0 Å². The van der Waals surface area contributed by atoms with Gasteiger partial charge < -0.3 is 5.73 Å². The van der Waals surface area contributed by atoms with Crippen molar-refractivity contribution >= 4 is 27.1 Å². The summed E-state index contributed by atoms with van der Waals surface area (Å²) in [6.45, 7) is 0. The average molecular weight is 206 g/mol. The SMILES string of the molecule is N#CCc1c(F)cc(N)c2ccsc12. The Morgan fingerprint density at radius 3 is 3.07 bits per heavy atom. The number of fused-ring (bicyclic) bond motifs is 1. The van der Waals surface area contributed by atoms with Crippen LogP contribution in [0.2, 0.25) is 0 Å². The number of nitrogen functional groups attached to an aromatic ring is 1. The summed E-state index contributed by atoms with van der Waals surface area (Å²) in [4.78, 5) is 0. The molecular weight excluding hydrogens is 199 g/mol. The van der Waals surface area contributed by atoms with E-state index in [9.17, 15) is 4.39 Å². The van der Waals surface area contributed by atoms with Crippen molar-refractivity contribution in [1.82, 2.24) is 0 Å². The molecule has 2 nitrogen and oxygen atoms in total. The molecule has 4 heteroatoms. The molecule has 0 aliphatic carbocycles. The maximum atomic E-state index is 13.4. The van der Waals surface area contributed by atoms with E-state index in [0.717, 1.165) is 10.1 Å². The third-order valence-electron chi connectivity index (χ3n) is 2.08. The molecule has 1 heterocycles. The largest absolute Gasteiger partial charge is 0.398 e. The third kappa shape index (κ3) is 1.22. The van der Waals surface area contributed by atoms with Gasteiger partial charge >= 0.3 is 0 Å². The number of benzene rings is 1. The van der Waals surface area contributed by atoms with Crippen LogP contribution in [-0.4, -0.2) is 0 Å². The van der Waals surface area contributed by atoms with Gasteiger partial charge in [-0.3, -0.25) is 0 Å². The molecule has 0 amide bonds. The molecular formula is C10H7FN2S. The number of halogens is 1. The fraction of sp³-hybridized carbons (Fsp3) is 0.100. The number of hydrogen-bond donors (Lipinski definition) is 1. The molecule has 70 valence electrons. The molecule has 0 atom stereocenters. The van der Waals surface area contributed by atoms with Crippen molar-refractivity contribution in [2.24, 2.45) is 0 Å². The predicted molar refractivity (Wildman–Crippen MR) is 55.5 cm³/mol. The molecule has 0 spiro atoms. The topological polar surface area (TPSA) is 49.8 Å². The van der Waals surface area contributed by atoms with E-state index >= 15 is 0 Å². The number of hydrogen-bond acceptors (Lipinski definition) is 3. The number of nitriles is 1. The minimum Gasteiger partial charge on any atom is -0.398 e. The number of nitrogens with zero attached hydrogens (tertiary/aromatic N) is 1. The van der Waals surface area contributed by atoms with Crippen LogP contribution in [0.5, 0.6) is 0 Å². The van der Waals surface area contributed by atoms with Crippen molar-refractivity contribution < 1.29 is 4.39 Å². The van der Waals surface area contributed by atoms with Crippen molar-refractivity contribution in [3.8, 4) is 6.07 Å². The van der Waals surface area contributed by atoms with Crippen molar-refractivity contribution in [3.05, 3.63) is 28.9 Å². The zero-order valence-electron chi connectivity index (χ0n) is 7.25. The summed E-state index contributed by atoms with van der Waals surface area (Å²) in [5.74, 6) is -0.390. The second-order valence-corrected chi connectivity index (χ2v) is 3.84. The Hall–Kier alpha value is -1.60. The first-order valence-electron chi connectivity index (χ1n) is 4.05. The molecule has 1 aromatic carbocycles. The minimum absolute atomic E-state index is 0.0864. The van der Waals surface area contributed by atoms with Gasteiger partial charge in [-0.15, -0.1) is 11.3 Å². The van der Waals surface area contributed by atoms with E-state index in [4.69, 9.17) is 11.0 Å². The lowest BCUT2D eigenvalue weighted by Gasteiger charge is -2.02. The molecule has 0 aliphatic rings. The quantitative estimate of drug-likeness (QED) is 0.729. The average Bonchev–Trinajstić information content (AvgIpc) is 2.60. The van der Waals surface area contributed by atoms with Gasteiger partial charge in [0.05, 0.1) is 12.5 Å². The third-order valence-corrected chi connectivity index (χ3v) is 3.05. The van der Waals surface area contributed by atoms with Crippen molar-refractivity contribution in [3.63, 3.8) is 0 Å². The molecule has 0 fully saturated rings. The van der Waals surface area contributed by atoms with Crippen LogP contribution in [0, 0.1) is 17.1 Å². The minimum atomic E-state index is -0.390. The van der Waals surface area contributed by atoms with Crippen molar-refractivity contribution in [2.45, 2.75) is 6.42 Å². The number of thiophene rings is 1. The van der Waals surface area contributed by atoms with Gasteiger partial charge in [-0.25, -0.2) is 4.39 Å². The summed E-state index contributed by atoms with van der Waals surface area (Å²) >= 11 is 1.41. The van der Waals surface area contributed by atoms with Gasteiger partial charge in [-0.05, 0) is 17.5 Å². The molecule has 1 aromatic heterocycles. The van der Waals surface area contributed by atoms with E-state index in [-0.39, 0.29) is 12.2 Å². The molecule has 0 aliphatic heterocycles. The van der Waals surface area contributed by atoms with E-state index in [0.29, 0.717) is 11.3 Å². The zero-order chi connectivity index (χ0) is 10.1. The molecule has 2 aromatic rings. The van der Waals surface area contributed by atoms with Gasteiger partial charge in [-0.1, -0.05) is 0 Å². The standard InChI is InChI=1S/C10H7FN2S/c11-8-5-9(13)7-2-4-14-10(7)6(8)1-3-12/h2,4-5H,1,13H2. The number of anilines is 1. The van der Waals surface area contributed by atoms with E-state index < -0.39 is 0 Å². The van der Waals surface area contributed by atoms with Crippen LogP contribution in [0.25, 0.3) is 10.1 Å². The van der Waals surface area contributed by atoms with Gasteiger partial charge in [0.25, 0.3) is 0 Å². The zero-order valence-corrected chi connectivity index (χ0v) is 8.07. The van der Waals surface area contributed by atoms with Crippen LogP contribution in [0.15, 0.2) is 17.5 Å². The molecule has 0 bridgehead atoms. The number of rotatable bonds is 1. The molecule has 2 rings (SSSR count). The molecule has 2 N–H and O–H groups in total. The normalized spacial score (nSPS) is 10.3. The smallest absolute Gasteiger partial charge is 0.130 e. The number of nitrogens with two attached hydrogens (primary N) is 1. The van der Waals surface area contributed by atoms with Crippen LogP contribution in [0.3, 0.4) is 0 Å². The highest BCUT2D eigenvalue weighted by molar-refractivity contribution is 7.17. The van der Waals surface area contributed by atoms with Crippen molar-refractivity contribution in [1.29, 1.82) is 5.26 Å². The van der Waals surface area contributed by atoms with Gasteiger partial charge in [0.1, 0.15) is 5.82 Å². The fourth-order valence-corrected chi connectivity index (χ4v) is 2.39. The Balaban J connectivity index is 2.81. The summed E-state index contributed by atoms with van der Waals surface area (Å²) in [5.41, 5.74) is 6.53. The van der Waals surface area contributed by atoms with Crippen LogP contribution in [-0.2, 0) is 6.42 Å². The van der Waals surface area contributed by atoms with Crippen molar-refractivity contribution in [2.75, 3.05) is 5.73 Å². The van der Waals surface area contributed by atoms with Gasteiger partial charge in [-0.2, -0.15) is 5.26 Å². The Morgan fingerprint density at radius 2 is 2.36 bits per heavy atom. The highest BCUT2D eigenvalue weighted by Gasteiger charge is 2.11. The lowest BCUT2D eigenvalue weighted by atomic mass is 10.1. The Morgan fingerprint density at radius 1 is 1.57 bits per heavy atom. The molecule has 0 radical (unpaired) electrons. The molecule has 0 saturated carbocycles. The summed E-state index contributed by atoms with van der Waals surface area (Å²) in [5, 5.41) is 11.3. The lowest BCUT2D eigenvalue weighted by Crippen LogP contribution is -1.93. The first-order chi connectivity index (χ1) is 6.74. The van der Waals surface area contributed by atoms with Crippen LogP contribution < -0.4 is 5.73 Å². The monoisotopic (exact) mass is 206 g/mol. The Bertz CT molecular complexity index is 525. The lowest BCUT2D eigenvalue weighted by molar-refractivity contribution is 0.619. The van der Waals surface area contributed by atoms with Gasteiger partial charge in [0, 0.05) is 21.3 Å². The van der Waals surface area contributed by atoms with Gasteiger partial charge in [0.2, 0.25) is 0 Å². The summed E-state index contributed by atoms with van der Waals surface area (Å²) < 4.78 is 14.2. The first kappa shape index (κ1) is 8.97. The Labute approximate surface area is 84.4 Å². The summed E-state index contributed by atoms with van der Waals surface area (Å²) in [6.07, 6.45) is 0.0864. The maximum Gasteiger partial charge on any atom is 0.130 e. The van der Waals surface area contributed by atoms with Crippen LogP contribution >= 0.6 is 11.3 Å². The second-order valence-electron chi connectivity index (χ2n) is 2.92. The van der Waals surface area contributed by atoms with Gasteiger partial charge in [0.15, 0.2) is 0 Å². The molecule has 0 saturated heterocycles. The fourth-order valence-electron chi connectivity index (χ4n) is 1.42. The predicted octanol–water partition coefficient (Wildman–Crippen LogP) is 2.69. The Kier molecular flexibility index (Phi) is 2.10. The van der Waals surface area contributed by atoms with E-state index in [2.05, 4.69) is 0 Å². The second kappa shape index (κ2) is 3.28. The molecule has 14 heavy (non-hydrogen) atoms. The first-order valence-corrected chi connectivity index (χ1v) is 4.93. The van der Waals surface area contributed by atoms with Crippen LogP contribution in [0.4, 0.5) is 10.1 Å². The maximum absolute atomic E-state index is 13.4. The highest BCUT2D eigenvalue weighted by atomic mass is 32.1. The van der Waals surface area contributed by atoms with E-state index in [1.807, 2.05) is 17.5 Å². The van der Waals surface area contributed by atoms with Crippen LogP contribution in [0.1, 0.15) is 5.56 Å². The summed E-state index contributed by atoms with van der Waals surface area (Å²) in [6, 6.07) is 5.07. The van der Waals surface area contributed by atoms with E-state index in [1.165, 1.54) is 17.4 Å².